The van der Waals surface area contributed by atoms with Crippen molar-refractivity contribution in [3.63, 3.8) is 0 Å². The van der Waals surface area contributed by atoms with Crippen LogP contribution in [0, 0.1) is 0 Å². The first-order chi connectivity index (χ1) is 14.2. The lowest BCUT2D eigenvalue weighted by Gasteiger charge is -2.48. The SMILES string of the molecule is CCC(=O)N(c1ccccc1)C1(COC)CCN(CCNc2ccccc2)CC1.Cl.Cl. The van der Waals surface area contributed by atoms with Crippen molar-refractivity contribution in [3.8, 4) is 0 Å². The van der Waals surface area contributed by atoms with Crippen LogP contribution in [0.3, 0.4) is 0 Å². The molecule has 0 bridgehead atoms. The van der Waals surface area contributed by atoms with E-state index in [1.807, 2.05) is 60.4 Å². The van der Waals surface area contributed by atoms with E-state index in [2.05, 4.69) is 22.3 Å². The standard InChI is InChI=1S/C24H33N3O2.2ClH/c1-3-23(28)27(22-12-8-5-9-13-22)24(20-29-2)14-17-26(18-15-24)19-16-25-21-10-6-4-7-11-21;;/h4-13,25H,3,14-20H2,1-2H3;2*1H. The Morgan fingerprint density at radius 3 is 2.16 bits per heavy atom. The van der Waals surface area contributed by atoms with Gasteiger partial charge in [0.15, 0.2) is 0 Å². The van der Waals surface area contributed by atoms with Gasteiger partial charge >= 0.3 is 0 Å². The van der Waals surface area contributed by atoms with Crippen LogP contribution in [0.25, 0.3) is 0 Å². The first kappa shape index (κ1) is 27.2. The quantitative estimate of drug-likeness (QED) is 0.571. The van der Waals surface area contributed by atoms with Crippen molar-refractivity contribution < 1.29 is 9.53 Å². The fourth-order valence-corrected chi connectivity index (χ4v) is 4.23. The number of methoxy groups -OCH3 is 1. The number of amides is 1. The maximum absolute atomic E-state index is 12.9. The molecule has 1 saturated heterocycles. The summed E-state index contributed by atoms with van der Waals surface area (Å²) in [5.41, 5.74) is 1.84. The predicted octanol–water partition coefficient (Wildman–Crippen LogP) is 4.87. The maximum atomic E-state index is 12.9. The molecule has 2 aromatic carbocycles. The molecule has 31 heavy (non-hydrogen) atoms. The molecule has 7 heteroatoms. The highest BCUT2D eigenvalue weighted by atomic mass is 35.5. The van der Waals surface area contributed by atoms with Crippen LogP contribution in [0.1, 0.15) is 26.2 Å². The van der Waals surface area contributed by atoms with E-state index in [9.17, 15) is 4.79 Å². The molecule has 0 saturated carbocycles. The van der Waals surface area contributed by atoms with E-state index in [1.165, 1.54) is 0 Å². The molecule has 0 spiro atoms. The molecule has 172 valence electrons. The number of hydrogen-bond donors (Lipinski definition) is 1. The summed E-state index contributed by atoms with van der Waals surface area (Å²) in [7, 11) is 1.73. The number of anilines is 2. The summed E-state index contributed by atoms with van der Waals surface area (Å²) in [5, 5.41) is 3.48. The normalized spacial score (nSPS) is 15.3. The van der Waals surface area contributed by atoms with Gasteiger partial charge in [0.05, 0.1) is 12.1 Å². The summed E-state index contributed by atoms with van der Waals surface area (Å²) >= 11 is 0. The Kier molecular flexibility index (Phi) is 11.9. The number of benzene rings is 2. The fraction of sp³-hybridized carbons (Fsp3) is 0.458. The second-order valence-corrected chi connectivity index (χ2v) is 7.71. The van der Waals surface area contributed by atoms with E-state index in [-0.39, 0.29) is 36.3 Å². The average molecular weight is 468 g/mol. The molecule has 0 aromatic heterocycles. The van der Waals surface area contributed by atoms with Crippen LogP contribution in [-0.2, 0) is 9.53 Å². The second-order valence-electron chi connectivity index (χ2n) is 7.71. The van der Waals surface area contributed by atoms with Gasteiger partial charge in [-0.15, -0.1) is 24.8 Å². The molecule has 0 unspecified atom stereocenters. The zero-order chi connectivity index (χ0) is 20.5. The molecule has 3 rings (SSSR count). The molecule has 5 nitrogen and oxygen atoms in total. The molecule has 1 heterocycles. The van der Waals surface area contributed by atoms with Crippen molar-refractivity contribution in [1.82, 2.24) is 4.90 Å². The van der Waals surface area contributed by atoms with Gasteiger partial charge in [-0.25, -0.2) is 0 Å². The van der Waals surface area contributed by atoms with Crippen LogP contribution in [0.5, 0.6) is 0 Å². The largest absolute Gasteiger partial charge is 0.384 e. The second kappa shape index (κ2) is 13.6. The molecule has 1 fully saturated rings. The molecular weight excluding hydrogens is 433 g/mol. The van der Waals surface area contributed by atoms with E-state index in [0.717, 1.165) is 50.4 Å². The van der Waals surface area contributed by atoms with Gasteiger partial charge in [0.1, 0.15) is 0 Å². The summed E-state index contributed by atoms with van der Waals surface area (Å²) in [6, 6.07) is 20.3. The number of nitrogens with zero attached hydrogens (tertiary/aromatic N) is 2. The van der Waals surface area contributed by atoms with Gasteiger partial charge in [-0.1, -0.05) is 43.3 Å². The van der Waals surface area contributed by atoms with Gasteiger partial charge in [-0.05, 0) is 37.1 Å². The van der Waals surface area contributed by atoms with Crippen LogP contribution in [0.2, 0.25) is 0 Å². The van der Waals surface area contributed by atoms with Crippen LogP contribution in [0.4, 0.5) is 11.4 Å². The smallest absolute Gasteiger partial charge is 0.227 e. The van der Waals surface area contributed by atoms with Crippen molar-refractivity contribution in [1.29, 1.82) is 0 Å². The third kappa shape index (κ3) is 7.11. The van der Waals surface area contributed by atoms with E-state index in [0.29, 0.717) is 13.0 Å². The summed E-state index contributed by atoms with van der Waals surface area (Å²) in [4.78, 5) is 17.4. The number of para-hydroxylation sites is 2. The number of carbonyl (C=O) groups excluding carboxylic acids is 1. The minimum atomic E-state index is -0.285. The molecule has 1 aliphatic rings. The van der Waals surface area contributed by atoms with Gasteiger partial charge in [0.2, 0.25) is 5.91 Å². The Hall–Kier alpha value is -1.79. The third-order valence-corrected chi connectivity index (χ3v) is 5.77. The number of hydrogen-bond acceptors (Lipinski definition) is 4. The molecule has 0 atom stereocenters. The number of carbonyl (C=O) groups is 1. The van der Waals surface area contributed by atoms with Crippen LogP contribution in [0.15, 0.2) is 60.7 Å². The monoisotopic (exact) mass is 467 g/mol. The highest BCUT2D eigenvalue weighted by Gasteiger charge is 2.42. The molecule has 0 radical (unpaired) electrons. The summed E-state index contributed by atoms with van der Waals surface area (Å²) in [6.07, 6.45) is 2.31. The lowest BCUT2D eigenvalue weighted by Crippen LogP contribution is -2.60. The highest BCUT2D eigenvalue weighted by molar-refractivity contribution is 5.94. The number of likely N-dealkylation sites (tertiary alicyclic amines) is 1. The number of rotatable bonds is 9. The summed E-state index contributed by atoms with van der Waals surface area (Å²) in [6.45, 7) is 6.32. The van der Waals surface area contributed by atoms with Gasteiger partial charge in [0.25, 0.3) is 0 Å². The van der Waals surface area contributed by atoms with Gasteiger partial charge in [0, 0.05) is 51.1 Å². The van der Waals surface area contributed by atoms with E-state index in [1.54, 1.807) is 7.11 Å². The molecule has 1 aliphatic heterocycles. The Bertz CT molecular complexity index is 754. The van der Waals surface area contributed by atoms with Crippen molar-refractivity contribution in [2.45, 2.75) is 31.7 Å². The number of nitrogens with one attached hydrogen (secondary N) is 1. The Balaban J connectivity index is 0.00000240. The van der Waals surface area contributed by atoms with Crippen molar-refractivity contribution in [2.24, 2.45) is 0 Å². The molecule has 2 aromatic rings. The number of halogens is 2. The van der Waals surface area contributed by atoms with Gasteiger partial charge < -0.3 is 19.9 Å². The first-order valence-electron chi connectivity index (χ1n) is 10.6. The molecule has 0 aliphatic carbocycles. The van der Waals surface area contributed by atoms with Gasteiger partial charge in [-0.2, -0.15) is 0 Å². The Labute approximate surface area is 199 Å². The maximum Gasteiger partial charge on any atom is 0.227 e. The topological polar surface area (TPSA) is 44.8 Å². The van der Waals surface area contributed by atoms with Crippen molar-refractivity contribution >= 4 is 42.1 Å². The lowest BCUT2D eigenvalue weighted by atomic mass is 9.85. The first-order valence-corrected chi connectivity index (χ1v) is 10.6. The third-order valence-electron chi connectivity index (χ3n) is 5.77. The van der Waals surface area contributed by atoms with Crippen molar-refractivity contribution in [3.05, 3.63) is 60.7 Å². The van der Waals surface area contributed by atoms with Gasteiger partial charge in [-0.3, -0.25) is 4.79 Å². The van der Waals surface area contributed by atoms with Crippen LogP contribution < -0.4 is 10.2 Å². The van der Waals surface area contributed by atoms with Crippen LogP contribution in [-0.4, -0.2) is 56.2 Å². The lowest BCUT2D eigenvalue weighted by molar-refractivity contribution is -0.120. The molecular formula is C24H35Cl2N3O2. The minimum Gasteiger partial charge on any atom is -0.384 e. The summed E-state index contributed by atoms with van der Waals surface area (Å²) in [5.74, 6) is 0.160. The number of ether oxygens (including phenoxy) is 1. The molecule has 1 N–H and O–H groups in total. The number of piperidine rings is 1. The average Bonchev–Trinajstić information content (AvgIpc) is 2.77. The van der Waals surface area contributed by atoms with E-state index in [4.69, 9.17) is 4.74 Å². The minimum absolute atomic E-state index is 0. The Morgan fingerprint density at radius 2 is 1.61 bits per heavy atom. The zero-order valence-corrected chi connectivity index (χ0v) is 20.1. The van der Waals surface area contributed by atoms with Crippen LogP contribution >= 0.6 is 24.8 Å². The van der Waals surface area contributed by atoms with E-state index >= 15 is 0 Å². The predicted molar refractivity (Wildman–Crippen MR) is 134 cm³/mol. The van der Waals surface area contributed by atoms with E-state index < -0.39 is 0 Å². The highest BCUT2D eigenvalue weighted by Crippen LogP contribution is 2.34. The fourth-order valence-electron chi connectivity index (χ4n) is 4.23. The zero-order valence-electron chi connectivity index (χ0n) is 18.5. The summed E-state index contributed by atoms with van der Waals surface area (Å²) < 4.78 is 5.63. The molecule has 1 amide bonds. The van der Waals surface area contributed by atoms with Crippen molar-refractivity contribution in [2.75, 3.05) is 50.1 Å². The Morgan fingerprint density at radius 1 is 1.03 bits per heavy atom.